The van der Waals surface area contributed by atoms with Gasteiger partial charge in [-0.05, 0) is 33.6 Å². The molecule has 1 saturated carbocycles. The highest BCUT2D eigenvalue weighted by Crippen LogP contribution is 2.37. The Labute approximate surface area is 117 Å². The van der Waals surface area contributed by atoms with Crippen molar-refractivity contribution in [1.29, 1.82) is 0 Å². The number of carbonyl (C=O) groups is 1. The van der Waals surface area contributed by atoms with Crippen molar-refractivity contribution >= 4 is 5.91 Å². The van der Waals surface area contributed by atoms with Gasteiger partial charge in [-0.15, -0.1) is 0 Å². The van der Waals surface area contributed by atoms with Crippen LogP contribution >= 0.6 is 0 Å². The Bertz CT molecular complexity index is 582. The Balaban J connectivity index is 2.28. The van der Waals surface area contributed by atoms with Crippen LogP contribution in [0, 0.1) is 6.92 Å². The Hall–Kier alpha value is -1.69. The van der Waals surface area contributed by atoms with Crippen LogP contribution in [0.3, 0.4) is 0 Å². The van der Waals surface area contributed by atoms with Gasteiger partial charge in [-0.25, -0.2) is 4.98 Å². The molecule has 0 saturated heterocycles. The quantitative estimate of drug-likeness (QED) is 0.853. The molecule has 0 aliphatic heterocycles. The third-order valence-corrected chi connectivity index (χ3v) is 3.27. The highest BCUT2D eigenvalue weighted by molar-refractivity contribution is 5.94. The lowest BCUT2D eigenvalue weighted by Crippen LogP contribution is -2.42. The fraction of sp³-hybridized carbons (Fsp3) is 0.643. The molecule has 2 rings (SSSR count). The zero-order valence-electron chi connectivity index (χ0n) is 12.4. The Kier molecular flexibility index (Phi) is 3.69. The SMILES string of the molecule is Cc1nc(C2CC2)[nH]c(=O)c1C(=O)N(C)CC(C)(C)O. The maximum Gasteiger partial charge on any atom is 0.264 e. The van der Waals surface area contributed by atoms with E-state index in [0.717, 1.165) is 12.8 Å². The van der Waals surface area contributed by atoms with E-state index in [1.54, 1.807) is 27.8 Å². The van der Waals surface area contributed by atoms with E-state index in [0.29, 0.717) is 17.4 Å². The van der Waals surface area contributed by atoms with E-state index in [1.807, 2.05) is 0 Å². The van der Waals surface area contributed by atoms with Gasteiger partial charge >= 0.3 is 0 Å². The first kappa shape index (κ1) is 14.7. The van der Waals surface area contributed by atoms with Crippen molar-refractivity contribution in [3.8, 4) is 0 Å². The molecule has 6 nitrogen and oxygen atoms in total. The van der Waals surface area contributed by atoms with Crippen molar-refractivity contribution in [3.05, 3.63) is 27.4 Å². The average Bonchev–Trinajstić information content (AvgIpc) is 3.08. The molecule has 1 aliphatic rings. The minimum atomic E-state index is -1.01. The summed E-state index contributed by atoms with van der Waals surface area (Å²) in [6.07, 6.45) is 2.07. The molecule has 20 heavy (non-hydrogen) atoms. The van der Waals surface area contributed by atoms with Gasteiger partial charge < -0.3 is 15.0 Å². The minimum absolute atomic E-state index is 0.0566. The molecular weight excluding hydrogens is 258 g/mol. The minimum Gasteiger partial charge on any atom is -0.389 e. The van der Waals surface area contributed by atoms with Gasteiger partial charge in [0.1, 0.15) is 11.4 Å². The molecule has 0 aromatic carbocycles. The van der Waals surface area contributed by atoms with Crippen molar-refractivity contribution in [3.63, 3.8) is 0 Å². The Morgan fingerprint density at radius 2 is 2.10 bits per heavy atom. The van der Waals surface area contributed by atoms with E-state index >= 15 is 0 Å². The van der Waals surface area contributed by atoms with Crippen molar-refractivity contribution in [2.75, 3.05) is 13.6 Å². The molecule has 1 aliphatic carbocycles. The monoisotopic (exact) mass is 279 g/mol. The molecule has 110 valence electrons. The van der Waals surface area contributed by atoms with Crippen LogP contribution in [-0.4, -0.2) is 45.1 Å². The molecule has 1 aromatic rings. The number of nitrogens with one attached hydrogen (secondary N) is 1. The van der Waals surface area contributed by atoms with Gasteiger partial charge in [0.15, 0.2) is 0 Å². The normalized spacial score (nSPS) is 15.2. The summed E-state index contributed by atoms with van der Waals surface area (Å²) in [6.45, 7) is 5.05. The molecule has 0 spiro atoms. The number of carbonyl (C=O) groups excluding carboxylic acids is 1. The van der Waals surface area contributed by atoms with E-state index in [4.69, 9.17) is 0 Å². The maximum atomic E-state index is 12.3. The first-order valence-electron chi connectivity index (χ1n) is 6.77. The molecule has 1 heterocycles. The highest BCUT2D eigenvalue weighted by Gasteiger charge is 2.29. The number of hydrogen-bond acceptors (Lipinski definition) is 4. The number of likely N-dealkylation sites (N-methyl/N-ethyl adjacent to an activating group) is 1. The lowest BCUT2D eigenvalue weighted by Gasteiger charge is -2.25. The van der Waals surface area contributed by atoms with Crippen molar-refractivity contribution < 1.29 is 9.90 Å². The number of amides is 1. The summed E-state index contributed by atoms with van der Waals surface area (Å²) in [7, 11) is 1.56. The molecule has 1 aromatic heterocycles. The summed E-state index contributed by atoms with van der Waals surface area (Å²) >= 11 is 0. The molecule has 0 unspecified atom stereocenters. The second-order valence-electron chi connectivity index (χ2n) is 6.16. The van der Waals surface area contributed by atoms with Crippen LogP contribution in [0.25, 0.3) is 0 Å². The number of aromatic amines is 1. The molecule has 1 amide bonds. The molecule has 2 N–H and O–H groups in total. The smallest absolute Gasteiger partial charge is 0.264 e. The lowest BCUT2D eigenvalue weighted by molar-refractivity contribution is 0.0366. The second kappa shape index (κ2) is 5.01. The van der Waals surface area contributed by atoms with E-state index in [-0.39, 0.29) is 12.1 Å². The molecule has 0 bridgehead atoms. The Morgan fingerprint density at radius 3 is 2.55 bits per heavy atom. The van der Waals surface area contributed by atoms with Crippen molar-refractivity contribution in [2.45, 2.75) is 45.1 Å². The van der Waals surface area contributed by atoms with E-state index in [1.165, 1.54) is 4.90 Å². The van der Waals surface area contributed by atoms with Gasteiger partial charge in [0.25, 0.3) is 11.5 Å². The first-order valence-corrected chi connectivity index (χ1v) is 6.77. The van der Waals surface area contributed by atoms with Gasteiger partial charge in [-0.1, -0.05) is 0 Å². The number of aromatic nitrogens is 2. The van der Waals surface area contributed by atoms with Gasteiger partial charge in [0.2, 0.25) is 0 Å². The maximum absolute atomic E-state index is 12.3. The summed E-state index contributed by atoms with van der Waals surface area (Å²) in [4.78, 5) is 32.8. The molecule has 1 fully saturated rings. The number of H-pyrrole nitrogens is 1. The predicted octanol–water partition coefficient (Wildman–Crippen LogP) is 0.799. The highest BCUT2D eigenvalue weighted by atomic mass is 16.3. The van der Waals surface area contributed by atoms with Crippen molar-refractivity contribution in [2.24, 2.45) is 0 Å². The van der Waals surface area contributed by atoms with E-state index in [2.05, 4.69) is 9.97 Å². The van der Waals surface area contributed by atoms with Gasteiger partial charge in [0, 0.05) is 19.5 Å². The molecular formula is C14H21N3O3. The number of rotatable bonds is 4. The fourth-order valence-electron chi connectivity index (χ4n) is 2.25. The standard InChI is InChI=1S/C14H21N3O3/c1-8-10(13(19)17(4)7-14(2,3)20)12(18)16-11(15-8)9-5-6-9/h9,20H,5-7H2,1-4H3,(H,15,16,18). The summed E-state index contributed by atoms with van der Waals surface area (Å²) < 4.78 is 0. The number of hydrogen-bond donors (Lipinski definition) is 2. The summed E-state index contributed by atoms with van der Waals surface area (Å²) in [5.41, 5.74) is -0.900. The number of nitrogens with zero attached hydrogens (tertiary/aromatic N) is 2. The van der Waals surface area contributed by atoms with Crippen molar-refractivity contribution in [1.82, 2.24) is 14.9 Å². The first-order chi connectivity index (χ1) is 9.19. The van der Waals surface area contributed by atoms with E-state index in [9.17, 15) is 14.7 Å². The third-order valence-electron chi connectivity index (χ3n) is 3.27. The zero-order chi connectivity index (χ0) is 15.1. The lowest BCUT2D eigenvalue weighted by atomic mass is 10.1. The fourth-order valence-corrected chi connectivity index (χ4v) is 2.25. The zero-order valence-corrected chi connectivity index (χ0v) is 12.4. The molecule has 6 heteroatoms. The second-order valence-corrected chi connectivity index (χ2v) is 6.16. The number of aliphatic hydroxyl groups is 1. The van der Waals surface area contributed by atoms with Gasteiger partial charge in [-0.2, -0.15) is 0 Å². The largest absolute Gasteiger partial charge is 0.389 e. The number of aryl methyl sites for hydroxylation is 1. The topological polar surface area (TPSA) is 86.3 Å². The van der Waals surface area contributed by atoms with Crippen LogP contribution in [0.4, 0.5) is 0 Å². The van der Waals surface area contributed by atoms with Gasteiger partial charge in [-0.3, -0.25) is 9.59 Å². The van der Waals surface area contributed by atoms with Gasteiger partial charge in [0.05, 0.1) is 11.3 Å². The van der Waals surface area contributed by atoms with E-state index < -0.39 is 17.1 Å². The van der Waals surface area contributed by atoms with Crippen LogP contribution in [0.1, 0.15) is 54.5 Å². The van der Waals surface area contributed by atoms with Crippen LogP contribution in [0.2, 0.25) is 0 Å². The van der Waals surface area contributed by atoms with Crippen LogP contribution in [0.5, 0.6) is 0 Å². The van der Waals surface area contributed by atoms with Crippen LogP contribution < -0.4 is 5.56 Å². The van der Waals surface area contributed by atoms with Crippen LogP contribution in [-0.2, 0) is 0 Å². The summed E-state index contributed by atoms with van der Waals surface area (Å²) in [5, 5.41) is 9.75. The predicted molar refractivity (Wildman–Crippen MR) is 74.8 cm³/mol. The Morgan fingerprint density at radius 1 is 1.50 bits per heavy atom. The summed E-state index contributed by atoms with van der Waals surface area (Å²) in [5.74, 6) is 0.592. The average molecular weight is 279 g/mol. The van der Waals surface area contributed by atoms with Crippen LogP contribution in [0.15, 0.2) is 4.79 Å². The summed E-state index contributed by atoms with van der Waals surface area (Å²) in [6, 6.07) is 0. The molecule has 0 atom stereocenters. The molecule has 0 radical (unpaired) electrons. The third kappa shape index (κ3) is 3.25.